The molecule has 2 aromatic rings. The van der Waals surface area contributed by atoms with Crippen LogP contribution in [0.5, 0.6) is 5.75 Å². The van der Waals surface area contributed by atoms with Gasteiger partial charge >= 0.3 is 0 Å². The van der Waals surface area contributed by atoms with Gasteiger partial charge in [-0.3, -0.25) is 9.59 Å². The van der Waals surface area contributed by atoms with E-state index in [0.717, 1.165) is 26.7 Å². The molecule has 1 aliphatic rings. The highest BCUT2D eigenvalue weighted by Gasteiger charge is 2.36. The third-order valence-corrected chi connectivity index (χ3v) is 4.39. The normalized spacial score (nSPS) is 16.6. The highest BCUT2D eigenvalue weighted by molar-refractivity contribution is 9.10. The molecule has 110 valence electrons. The van der Waals surface area contributed by atoms with E-state index in [1.807, 2.05) is 24.3 Å². The Morgan fingerprint density at radius 1 is 1.09 bits per heavy atom. The molecule has 3 rings (SSSR count). The van der Waals surface area contributed by atoms with Crippen LogP contribution in [0.2, 0.25) is 0 Å². The summed E-state index contributed by atoms with van der Waals surface area (Å²) in [4.78, 5) is 26.0. The molecular weight excluding hydrogens is 366 g/mol. The Morgan fingerprint density at radius 2 is 1.86 bits per heavy atom. The molecule has 0 aromatic heterocycles. The van der Waals surface area contributed by atoms with Crippen LogP contribution in [0, 0.1) is 0 Å². The molecule has 0 atom stereocenters. The molecule has 1 heterocycles. The van der Waals surface area contributed by atoms with Crippen molar-refractivity contribution in [3.05, 3.63) is 63.5 Å². The average molecular weight is 376 g/mol. The van der Waals surface area contributed by atoms with Gasteiger partial charge in [-0.2, -0.15) is 0 Å². The van der Waals surface area contributed by atoms with Crippen LogP contribution in [-0.2, 0) is 4.79 Å². The van der Waals surface area contributed by atoms with Crippen LogP contribution in [0.15, 0.2) is 57.9 Å². The zero-order chi connectivity index (χ0) is 15.7. The summed E-state index contributed by atoms with van der Waals surface area (Å²) < 4.78 is 0.897. The molecule has 1 fully saturated rings. The number of aromatic hydroxyl groups is 1. The smallest absolute Gasteiger partial charge is 0.298 e. The van der Waals surface area contributed by atoms with Gasteiger partial charge in [-0.25, -0.2) is 4.90 Å². The fraction of sp³-hybridized carbons (Fsp3) is 0. The number of halogens is 1. The van der Waals surface area contributed by atoms with Crippen LogP contribution in [-0.4, -0.2) is 16.3 Å². The highest BCUT2D eigenvalue weighted by Crippen LogP contribution is 2.36. The first-order valence-corrected chi connectivity index (χ1v) is 7.98. The molecule has 0 spiro atoms. The number of phenolic OH excluding ortho intramolecular Hbond substituents is 1. The number of phenols is 1. The molecule has 0 unspecified atom stereocenters. The first-order valence-electron chi connectivity index (χ1n) is 6.37. The number of thioether (sulfide) groups is 1. The van der Waals surface area contributed by atoms with E-state index in [0.29, 0.717) is 10.6 Å². The van der Waals surface area contributed by atoms with Gasteiger partial charge in [0.1, 0.15) is 5.75 Å². The van der Waals surface area contributed by atoms with E-state index in [1.165, 1.54) is 12.1 Å². The van der Waals surface area contributed by atoms with E-state index in [4.69, 9.17) is 0 Å². The van der Waals surface area contributed by atoms with Crippen molar-refractivity contribution in [3.63, 3.8) is 0 Å². The quantitative estimate of drug-likeness (QED) is 0.790. The number of anilines is 1. The summed E-state index contributed by atoms with van der Waals surface area (Å²) in [5, 5.41) is 9.12. The summed E-state index contributed by atoms with van der Waals surface area (Å²) in [6, 6.07) is 13.5. The molecule has 6 heteroatoms. The number of carbonyl (C=O) groups is 2. The van der Waals surface area contributed by atoms with E-state index in [1.54, 1.807) is 18.2 Å². The lowest BCUT2D eigenvalue weighted by atomic mass is 10.2. The number of nitrogens with zero attached hydrogens (tertiary/aromatic N) is 1. The molecule has 0 bridgehead atoms. The standard InChI is InChI=1S/C16H10BrNO3S/c17-11-4-1-3-10(7-11)8-14-15(20)18(16(21)22-14)12-5-2-6-13(19)9-12/h1-9,19H/b14-8-. The van der Waals surface area contributed by atoms with E-state index in [9.17, 15) is 14.7 Å². The molecule has 1 N–H and O–H groups in total. The maximum absolute atomic E-state index is 12.4. The van der Waals surface area contributed by atoms with Crippen LogP contribution >= 0.6 is 27.7 Å². The molecule has 1 aliphatic heterocycles. The minimum Gasteiger partial charge on any atom is -0.508 e. The van der Waals surface area contributed by atoms with Gasteiger partial charge in [-0.15, -0.1) is 0 Å². The zero-order valence-electron chi connectivity index (χ0n) is 11.2. The Labute approximate surface area is 139 Å². The Morgan fingerprint density at radius 3 is 2.59 bits per heavy atom. The van der Waals surface area contributed by atoms with Gasteiger partial charge in [0.05, 0.1) is 10.6 Å². The molecule has 22 heavy (non-hydrogen) atoms. The topological polar surface area (TPSA) is 57.6 Å². The summed E-state index contributed by atoms with van der Waals surface area (Å²) in [6.07, 6.45) is 1.68. The molecule has 4 nitrogen and oxygen atoms in total. The van der Waals surface area contributed by atoms with Gasteiger partial charge < -0.3 is 5.11 Å². The monoisotopic (exact) mass is 375 g/mol. The van der Waals surface area contributed by atoms with Crippen molar-refractivity contribution in [1.82, 2.24) is 0 Å². The number of benzene rings is 2. The number of hydrogen-bond acceptors (Lipinski definition) is 4. The maximum atomic E-state index is 12.4. The first kappa shape index (κ1) is 14.9. The second-order valence-corrected chi connectivity index (χ2v) is 6.50. The van der Waals surface area contributed by atoms with Crippen molar-refractivity contribution in [2.75, 3.05) is 4.90 Å². The van der Waals surface area contributed by atoms with E-state index < -0.39 is 0 Å². The molecule has 2 amide bonds. The number of carbonyl (C=O) groups excluding carboxylic acids is 2. The molecule has 0 aliphatic carbocycles. The predicted molar refractivity (Wildman–Crippen MR) is 90.7 cm³/mol. The minimum absolute atomic E-state index is 0.00696. The van der Waals surface area contributed by atoms with Crippen LogP contribution < -0.4 is 4.90 Å². The van der Waals surface area contributed by atoms with E-state index >= 15 is 0 Å². The summed E-state index contributed by atoms with van der Waals surface area (Å²) in [5.74, 6) is -0.381. The van der Waals surface area contributed by atoms with Crippen LogP contribution in [0.1, 0.15) is 5.56 Å². The van der Waals surface area contributed by atoms with Gasteiger partial charge in [0, 0.05) is 10.5 Å². The zero-order valence-corrected chi connectivity index (χ0v) is 13.6. The van der Waals surface area contributed by atoms with Crippen molar-refractivity contribution in [2.45, 2.75) is 0 Å². The Bertz CT molecular complexity index is 803. The highest BCUT2D eigenvalue weighted by atomic mass is 79.9. The third kappa shape index (κ3) is 2.93. The Balaban J connectivity index is 1.95. The molecule has 0 radical (unpaired) electrons. The maximum Gasteiger partial charge on any atom is 0.298 e. The lowest BCUT2D eigenvalue weighted by Crippen LogP contribution is -2.27. The molecule has 0 saturated carbocycles. The summed E-state index contributed by atoms with van der Waals surface area (Å²) >= 11 is 4.25. The number of rotatable bonds is 2. The SMILES string of the molecule is O=C1S/C(=C\c2cccc(Br)c2)C(=O)N1c1cccc(O)c1. The van der Waals surface area contributed by atoms with E-state index in [-0.39, 0.29) is 16.9 Å². The number of imide groups is 1. The number of hydrogen-bond donors (Lipinski definition) is 1. The van der Waals surface area contributed by atoms with Gasteiger partial charge in [0.15, 0.2) is 0 Å². The van der Waals surface area contributed by atoms with Gasteiger partial charge in [-0.1, -0.05) is 34.1 Å². The Kier molecular flexibility index (Phi) is 4.04. The molecule has 2 aromatic carbocycles. The lowest BCUT2D eigenvalue weighted by Gasteiger charge is -2.12. The van der Waals surface area contributed by atoms with Gasteiger partial charge in [-0.05, 0) is 47.7 Å². The van der Waals surface area contributed by atoms with Crippen molar-refractivity contribution >= 4 is 50.6 Å². The second kappa shape index (κ2) is 5.98. The van der Waals surface area contributed by atoms with Gasteiger partial charge in [0.25, 0.3) is 11.1 Å². The van der Waals surface area contributed by atoms with Crippen LogP contribution in [0.25, 0.3) is 6.08 Å². The summed E-state index contributed by atoms with van der Waals surface area (Å²) in [6.45, 7) is 0. The first-order chi connectivity index (χ1) is 10.5. The number of amides is 2. The lowest BCUT2D eigenvalue weighted by molar-refractivity contribution is -0.113. The largest absolute Gasteiger partial charge is 0.508 e. The van der Waals surface area contributed by atoms with Crippen molar-refractivity contribution < 1.29 is 14.7 Å². The van der Waals surface area contributed by atoms with Crippen molar-refractivity contribution in [1.29, 1.82) is 0 Å². The predicted octanol–water partition coefficient (Wildman–Crippen LogP) is 4.40. The summed E-state index contributed by atoms with van der Waals surface area (Å²) in [5.41, 5.74) is 1.19. The fourth-order valence-electron chi connectivity index (χ4n) is 2.07. The van der Waals surface area contributed by atoms with Gasteiger partial charge in [0.2, 0.25) is 0 Å². The van der Waals surface area contributed by atoms with Crippen molar-refractivity contribution in [3.8, 4) is 5.75 Å². The minimum atomic E-state index is -0.388. The Hall–Kier alpha value is -2.05. The fourth-order valence-corrected chi connectivity index (χ4v) is 3.33. The second-order valence-electron chi connectivity index (χ2n) is 4.59. The third-order valence-electron chi connectivity index (χ3n) is 3.03. The molecular formula is C16H10BrNO3S. The van der Waals surface area contributed by atoms with Crippen LogP contribution in [0.4, 0.5) is 10.5 Å². The molecule has 1 saturated heterocycles. The summed E-state index contributed by atoms with van der Waals surface area (Å²) in [7, 11) is 0. The van der Waals surface area contributed by atoms with Crippen LogP contribution in [0.3, 0.4) is 0 Å². The average Bonchev–Trinajstić information content (AvgIpc) is 2.73. The van der Waals surface area contributed by atoms with E-state index in [2.05, 4.69) is 15.9 Å². The van der Waals surface area contributed by atoms with Crippen molar-refractivity contribution in [2.24, 2.45) is 0 Å².